The van der Waals surface area contributed by atoms with Gasteiger partial charge in [-0.1, -0.05) is 123 Å². The second kappa shape index (κ2) is 40.7. The zero-order valence-corrected chi connectivity index (χ0v) is 54.9. The number of hydrogen-bond acceptors (Lipinski definition) is 12. The van der Waals surface area contributed by atoms with Crippen molar-refractivity contribution in [3.63, 3.8) is 0 Å². The summed E-state index contributed by atoms with van der Waals surface area (Å²) in [4.78, 5) is 77.2. The highest BCUT2D eigenvalue weighted by Gasteiger charge is 2.35. The number of anilines is 2. The molecule has 1 aliphatic carbocycles. The van der Waals surface area contributed by atoms with Crippen LogP contribution in [-0.2, 0) is 19.2 Å². The van der Waals surface area contributed by atoms with Crippen molar-refractivity contribution in [2.24, 2.45) is 28.7 Å². The van der Waals surface area contributed by atoms with Crippen molar-refractivity contribution in [2.45, 2.75) is 206 Å². The van der Waals surface area contributed by atoms with E-state index in [-0.39, 0.29) is 41.4 Å². The Morgan fingerprint density at radius 3 is 1.78 bits per heavy atom. The number of nitrogens with two attached hydrogens (primary N) is 2. The van der Waals surface area contributed by atoms with E-state index < -0.39 is 5.97 Å². The highest BCUT2D eigenvalue weighted by Crippen LogP contribution is 2.45. The number of ether oxygens (including phenoxy) is 2. The number of aromatic nitrogens is 2. The third kappa shape index (κ3) is 28.8. The van der Waals surface area contributed by atoms with E-state index in [1.165, 1.54) is 89.9 Å². The summed E-state index contributed by atoms with van der Waals surface area (Å²) in [7, 11) is 3.81. The Labute approximate surface area is 528 Å². The van der Waals surface area contributed by atoms with Crippen LogP contribution in [0.4, 0.5) is 11.5 Å². The molecule has 1 aromatic carbocycles. The predicted octanol–water partition coefficient (Wildman–Crippen LogP) is 11.4. The number of aliphatic carboxylic acids is 1. The van der Waals surface area contributed by atoms with Crippen LogP contribution in [0.5, 0.6) is 11.6 Å². The van der Waals surface area contributed by atoms with Crippen LogP contribution in [0, 0.1) is 24.2 Å². The van der Waals surface area contributed by atoms with Crippen LogP contribution >= 0.6 is 0 Å². The molecule has 1 saturated carbocycles. The average molecular weight is 1220 g/mol. The highest BCUT2D eigenvalue weighted by atomic mass is 16.5. The lowest BCUT2D eigenvalue weighted by atomic mass is 9.85. The molecule has 4 amide bonds. The minimum atomic E-state index is -0.776. The van der Waals surface area contributed by atoms with E-state index in [1.807, 2.05) is 60.4 Å². The molecule has 492 valence electrons. The van der Waals surface area contributed by atoms with Gasteiger partial charge in [0.1, 0.15) is 11.6 Å². The zero-order chi connectivity index (χ0) is 63.4. The Balaban J connectivity index is 0.916. The number of likely N-dealkylation sites (N-methyl/N-ethyl adjacent to an activating group) is 1. The summed E-state index contributed by atoms with van der Waals surface area (Å²) >= 11 is 0. The smallest absolute Gasteiger partial charge is 0.303 e. The largest absolute Gasteiger partial charge is 0.497 e. The molecule has 2 fully saturated rings. The number of nitrogens with one attached hydrogen (secondary N) is 3. The molecule has 2 aromatic heterocycles. The van der Waals surface area contributed by atoms with Gasteiger partial charge in [-0.15, -0.1) is 0 Å². The SMILES string of the molecule is COc1ccc(C(=O)N(CC(C)(C)CCCCCCCCCCCCCCCCCCCC(=O)NCC[N+](C)(CCCC(=O)NCCN)CCCC(=O)NCCN)c2cccc(C)n2)c(N2CCC(COc3cc([C@@H](CC(=O)O)C4CC4)ccn3)CC2)c1. The van der Waals surface area contributed by atoms with Gasteiger partial charge in [0.2, 0.25) is 23.6 Å². The lowest BCUT2D eigenvalue weighted by molar-refractivity contribution is -0.908. The molecule has 5 rings (SSSR count). The van der Waals surface area contributed by atoms with Crippen molar-refractivity contribution >= 4 is 41.1 Å². The van der Waals surface area contributed by atoms with Crippen LogP contribution in [0.15, 0.2) is 54.7 Å². The molecule has 18 heteroatoms. The van der Waals surface area contributed by atoms with Crippen molar-refractivity contribution in [1.29, 1.82) is 0 Å². The molecule has 0 spiro atoms. The summed E-state index contributed by atoms with van der Waals surface area (Å²) in [6.45, 7) is 13.8. The van der Waals surface area contributed by atoms with Gasteiger partial charge in [-0.2, -0.15) is 0 Å². The van der Waals surface area contributed by atoms with Crippen LogP contribution < -0.4 is 46.7 Å². The standard InChI is InChI=1S/C70H114N10O8/c1-55-26-23-27-63(77-55)79(69(86)60-34-33-59(87-5)51-62(60)78-45-36-56(37-46-78)53-88-67-50-58(35-41-76-67)61(52-68(84)85)57-31-32-57)54-70(2,3)38-22-20-18-16-14-12-10-8-6-7-9-11-13-15-17-19-21-28-64(81)75-44-49-80(4,47-24-29-65(82)73-42-39-71)48-25-30-66(83)74-43-40-72/h23,26-27,33-35,41,50-51,56-57,61H,6-22,24-25,28-32,36-40,42-49,52-54,71-72H2,1-5H3,(H3-,73,74,75,81,82,83,84,85)/p+1/t61-/m0/s1. The molecular formula is C70H115N10O8+. The number of hydrogen-bond donors (Lipinski definition) is 6. The van der Waals surface area contributed by atoms with Gasteiger partial charge < -0.3 is 51.4 Å². The maximum absolute atomic E-state index is 15.0. The van der Waals surface area contributed by atoms with Gasteiger partial charge in [0.25, 0.3) is 5.91 Å². The second-order valence-corrected chi connectivity index (χ2v) is 26.4. The van der Waals surface area contributed by atoms with Gasteiger partial charge in [-0.3, -0.25) is 28.9 Å². The number of benzene rings is 1. The van der Waals surface area contributed by atoms with E-state index in [0.717, 1.165) is 114 Å². The number of aryl methyl sites for hydroxylation is 1. The number of unbranched alkanes of at least 4 members (excludes halogenated alkanes) is 16. The number of amides is 4. The zero-order valence-electron chi connectivity index (χ0n) is 54.9. The fourth-order valence-electron chi connectivity index (χ4n) is 12.5. The molecule has 0 radical (unpaired) electrons. The molecule has 3 heterocycles. The average Bonchev–Trinajstić information content (AvgIpc) is 4.23. The van der Waals surface area contributed by atoms with Crippen molar-refractivity contribution in [1.82, 2.24) is 25.9 Å². The molecule has 88 heavy (non-hydrogen) atoms. The summed E-state index contributed by atoms with van der Waals surface area (Å²) in [6.07, 6.45) is 30.6. The maximum atomic E-state index is 15.0. The number of carboxylic acid groups (broad SMARTS) is 1. The number of carbonyl (C=O) groups is 5. The molecule has 18 nitrogen and oxygen atoms in total. The summed E-state index contributed by atoms with van der Waals surface area (Å²) in [5, 5.41) is 18.3. The molecule has 1 saturated heterocycles. The second-order valence-electron chi connectivity index (χ2n) is 26.4. The lowest BCUT2D eigenvalue weighted by Crippen LogP contribution is -2.50. The van der Waals surface area contributed by atoms with E-state index in [4.69, 9.17) is 25.9 Å². The van der Waals surface area contributed by atoms with E-state index >= 15 is 4.79 Å². The van der Waals surface area contributed by atoms with Crippen molar-refractivity contribution in [3.05, 3.63) is 71.5 Å². The topological polar surface area (TPSA) is 244 Å². The van der Waals surface area contributed by atoms with Crippen LogP contribution in [0.1, 0.15) is 221 Å². The molecule has 2 aliphatic rings. The van der Waals surface area contributed by atoms with Gasteiger partial charge in [0.05, 0.1) is 64.6 Å². The highest BCUT2D eigenvalue weighted by molar-refractivity contribution is 6.09. The molecule has 1 atom stereocenters. The number of quaternary nitrogens is 1. The molecular weight excluding hydrogens is 1110 g/mol. The quantitative estimate of drug-likeness (QED) is 0.0228. The Morgan fingerprint density at radius 2 is 1.25 bits per heavy atom. The predicted molar refractivity (Wildman–Crippen MR) is 354 cm³/mol. The Morgan fingerprint density at radius 1 is 0.705 bits per heavy atom. The van der Waals surface area contributed by atoms with Gasteiger partial charge in [-0.25, -0.2) is 9.97 Å². The summed E-state index contributed by atoms with van der Waals surface area (Å²) in [5.41, 5.74) is 14.3. The fraction of sp³-hybridized carbons (Fsp3) is 0.700. The summed E-state index contributed by atoms with van der Waals surface area (Å²) in [5.74, 6) is 1.92. The molecule has 3 aromatic rings. The lowest BCUT2D eigenvalue weighted by Gasteiger charge is -2.36. The molecule has 0 bridgehead atoms. The Bertz CT molecular complexity index is 2490. The van der Waals surface area contributed by atoms with E-state index in [9.17, 15) is 24.3 Å². The van der Waals surface area contributed by atoms with Gasteiger partial charge in [0.15, 0.2) is 0 Å². The minimum absolute atomic E-state index is 0.00392. The number of piperidine rings is 1. The first-order valence-corrected chi connectivity index (χ1v) is 34.0. The van der Waals surface area contributed by atoms with Gasteiger partial charge >= 0.3 is 5.97 Å². The number of methoxy groups -OCH3 is 1. The normalized spacial score (nSPS) is 14.1. The third-order valence-electron chi connectivity index (χ3n) is 18.0. The first-order chi connectivity index (χ1) is 42.5. The van der Waals surface area contributed by atoms with Gasteiger partial charge in [0, 0.05) is 102 Å². The summed E-state index contributed by atoms with van der Waals surface area (Å²) in [6, 6.07) is 15.6. The van der Waals surface area contributed by atoms with Crippen molar-refractivity contribution < 1.29 is 43.0 Å². The van der Waals surface area contributed by atoms with E-state index in [2.05, 4.69) is 46.7 Å². The van der Waals surface area contributed by atoms with Gasteiger partial charge in [-0.05, 0) is 105 Å². The number of nitrogens with zero attached hydrogens (tertiary/aromatic N) is 5. The number of rotatable bonds is 48. The Hall–Kier alpha value is -5.85. The number of carbonyl (C=O) groups excluding carboxylic acids is 4. The van der Waals surface area contributed by atoms with E-state index in [0.29, 0.717) is 104 Å². The number of pyridine rings is 2. The molecule has 0 unspecified atom stereocenters. The summed E-state index contributed by atoms with van der Waals surface area (Å²) < 4.78 is 12.7. The molecule has 8 N–H and O–H groups in total. The first-order valence-electron chi connectivity index (χ1n) is 34.0. The fourth-order valence-corrected chi connectivity index (χ4v) is 12.5. The van der Waals surface area contributed by atoms with Crippen molar-refractivity contribution in [2.75, 3.05) is 103 Å². The van der Waals surface area contributed by atoms with Crippen molar-refractivity contribution in [3.8, 4) is 11.6 Å². The van der Waals surface area contributed by atoms with Crippen LogP contribution in [-0.4, -0.2) is 142 Å². The monoisotopic (exact) mass is 1220 g/mol. The Kier molecular flexibility index (Phi) is 33.7. The minimum Gasteiger partial charge on any atom is -0.497 e. The third-order valence-corrected chi connectivity index (χ3v) is 18.0. The molecule has 1 aliphatic heterocycles. The van der Waals surface area contributed by atoms with Crippen LogP contribution in [0.2, 0.25) is 0 Å². The number of carboxylic acids is 1. The maximum Gasteiger partial charge on any atom is 0.303 e. The first kappa shape index (κ1) is 72.9. The van der Waals surface area contributed by atoms with Crippen LogP contribution in [0.3, 0.4) is 0 Å². The van der Waals surface area contributed by atoms with Crippen LogP contribution in [0.25, 0.3) is 0 Å². The van der Waals surface area contributed by atoms with E-state index in [1.54, 1.807) is 13.3 Å².